The highest BCUT2D eigenvalue weighted by Gasteiger charge is 2.24. The maximum absolute atomic E-state index is 9.46. The lowest BCUT2D eigenvalue weighted by Crippen LogP contribution is -2.38. The molecule has 1 aromatic heterocycles. The van der Waals surface area contributed by atoms with Crippen LogP contribution in [0.3, 0.4) is 0 Å². The van der Waals surface area contributed by atoms with Gasteiger partial charge in [-0.15, -0.1) is 0 Å². The number of hydrogen-bond acceptors (Lipinski definition) is 3. The average molecular weight is 241 g/mol. The summed E-state index contributed by atoms with van der Waals surface area (Å²) < 4.78 is 5.34. The van der Waals surface area contributed by atoms with Gasteiger partial charge in [-0.05, 0) is 6.07 Å². The lowest BCUT2D eigenvalue weighted by molar-refractivity contribution is 0.0268. The zero-order valence-electron chi connectivity index (χ0n) is 10.1. The van der Waals surface area contributed by atoms with Crippen molar-refractivity contribution in [2.75, 3.05) is 26.3 Å². The predicted octanol–water partition coefficient (Wildman–Crippen LogP) is 2.06. The molecule has 4 nitrogen and oxygen atoms in total. The number of para-hydroxylation sites is 1. The SMILES string of the molecule is N#C[C@H](c1c[nH]c2ccccc12)N1CCOCC1. The van der Waals surface area contributed by atoms with E-state index in [1.54, 1.807) is 0 Å². The first-order chi connectivity index (χ1) is 8.90. The molecule has 3 rings (SSSR count). The molecule has 0 saturated carbocycles. The summed E-state index contributed by atoms with van der Waals surface area (Å²) in [5.41, 5.74) is 2.15. The van der Waals surface area contributed by atoms with Crippen LogP contribution in [0.1, 0.15) is 11.6 Å². The number of hydrogen-bond donors (Lipinski definition) is 1. The topological polar surface area (TPSA) is 52.0 Å². The minimum Gasteiger partial charge on any atom is -0.379 e. The third kappa shape index (κ3) is 1.88. The summed E-state index contributed by atoms with van der Waals surface area (Å²) >= 11 is 0. The Hall–Kier alpha value is -1.83. The zero-order valence-corrected chi connectivity index (χ0v) is 10.1. The molecule has 18 heavy (non-hydrogen) atoms. The second kappa shape index (κ2) is 4.81. The summed E-state index contributed by atoms with van der Waals surface area (Å²) in [5.74, 6) is 0. The molecule has 1 aliphatic rings. The van der Waals surface area contributed by atoms with Crippen molar-refractivity contribution in [1.82, 2.24) is 9.88 Å². The highest BCUT2D eigenvalue weighted by Crippen LogP contribution is 2.28. The molecule has 0 unspecified atom stereocenters. The van der Waals surface area contributed by atoms with Crippen molar-refractivity contribution in [3.05, 3.63) is 36.0 Å². The average Bonchev–Trinajstić information content (AvgIpc) is 2.85. The Morgan fingerprint density at radius 3 is 2.83 bits per heavy atom. The number of benzene rings is 1. The van der Waals surface area contributed by atoms with Gasteiger partial charge >= 0.3 is 0 Å². The van der Waals surface area contributed by atoms with Crippen LogP contribution in [0.2, 0.25) is 0 Å². The molecule has 0 aliphatic carbocycles. The molecule has 1 atom stereocenters. The molecular formula is C14H15N3O. The molecule has 2 heterocycles. The van der Waals surface area contributed by atoms with E-state index in [0.717, 1.165) is 29.6 Å². The van der Waals surface area contributed by atoms with E-state index in [-0.39, 0.29) is 6.04 Å². The van der Waals surface area contributed by atoms with Gasteiger partial charge in [0.25, 0.3) is 0 Å². The van der Waals surface area contributed by atoms with Crippen LogP contribution < -0.4 is 0 Å². The van der Waals surface area contributed by atoms with Gasteiger partial charge in [-0.25, -0.2) is 0 Å². The molecule has 0 amide bonds. The van der Waals surface area contributed by atoms with Crippen molar-refractivity contribution in [3.63, 3.8) is 0 Å². The first-order valence-corrected chi connectivity index (χ1v) is 6.17. The van der Waals surface area contributed by atoms with Gasteiger partial charge in [-0.1, -0.05) is 18.2 Å². The fraction of sp³-hybridized carbons (Fsp3) is 0.357. The van der Waals surface area contributed by atoms with Crippen molar-refractivity contribution in [3.8, 4) is 6.07 Å². The minimum atomic E-state index is -0.190. The maximum atomic E-state index is 9.46. The number of aromatic nitrogens is 1. The summed E-state index contributed by atoms with van der Waals surface area (Å²) in [5, 5.41) is 10.6. The Balaban J connectivity index is 1.98. The number of ether oxygens (including phenoxy) is 1. The highest BCUT2D eigenvalue weighted by atomic mass is 16.5. The standard InChI is InChI=1S/C14H15N3O/c15-9-14(17-5-7-18-8-6-17)12-10-16-13-4-2-1-3-11(12)13/h1-4,10,14,16H,5-8H2/t14-/m1/s1. The number of nitriles is 1. The van der Waals surface area contributed by atoms with E-state index in [0.29, 0.717) is 13.2 Å². The first kappa shape index (κ1) is 11.3. The number of morpholine rings is 1. The van der Waals surface area contributed by atoms with E-state index >= 15 is 0 Å². The molecule has 92 valence electrons. The largest absolute Gasteiger partial charge is 0.379 e. The molecule has 1 saturated heterocycles. The summed E-state index contributed by atoms with van der Waals surface area (Å²) in [7, 11) is 0. The Morgan fingerprint density at radius 1 is 1.28 bits per heavy atom. The fourth-order valence-electron chi connectivity index (χ4n) is 2.50. The smallest absolute Gasteiger partial charge is 0.126 e. The first-order valence-electron chi connectivity index (χ1n) is 6.17. The van der Waals surface area contributed by atoms with Gasteiger partial charge in [-0.2, -0.15) is 5.26 Å². The molecule has 1 aliphatic heterocycles. The Bertz CT molecular complexity index is 578. The monoisotopic (exact) mass is 241 g/mol. The highest BCUT2D eigenvalue weighted by molar-refractivity contribution is 5.83. The summed E-state index contributed by atoms with van der Waals surface area (Å²) in [6.07, 6.45) is 1.95. The van der Waals surface area contributed by atoms with Gasteiger partial charge in [0.15, 0.2) is 0 Å². The Labute approximate surface area is 106 Å². The third-order valence-electron chi connectivity index (χ3n) is 3.45. The molecular weight excluding hydrogens is 226 g/mol. The molecule has 2 aromatic rings. The second-order valence-electron chi connectivity index (χ2n) is 4.47. The van der Waals surface area contributed by atoms with Gasteiger partial charge in [0.2, 0.25) is 0 Å². The van der Waals surface area contributed by atoms with Crippen molar-refractivity contribution in [2.45, 2.75) is 6.04 Å². The van der Waals surface area contributed by atoms with Crippen LogP contribution in [0.25, 0.3) is 10.9 Å². The summed E-state index contributed by atoms with van der Waals surface area (Å²) in [4.78, 5) is 5.41. The third-order valence-corrected chi connectivity index (χ3v) is 3.45. The van der Waals surface area contributed by atoms with Crippen molar-refractivity contribution >= 4 is 10.9 Å². The molecule has 0 radical (unpaired) electrons. The normalized spacial score (nSPS) is 18.6. The van der Waals surface area contributed by atoms with Crippen LogP contribution in [0.5, 0.6) is 0 Å². The quantitative estimate of drug-likeness (QED) is 0.875. The lowest BCUT2D eigenvalue weighted by Gasteiger charge is -2.30. The number of nitrogens with zero attached hydrogens (tertiary/aromatic N) is 2. The van der Waals surface area contributed by atoms with Crippen molar-refractivity contribution in [2.24, 2.45) is 0 Å². The summed E-state index contributed by atoms with van der Waals surface area (Å²) in [6.45, 7) is 3.05. The Morgan fingerprint density at radius 2 is 2.06 bits per heavy atom. The number of aromatic amines is 1. The van der Waals surface area contributed by atoms with E-state index in [9.17, 15) is 5.26 Å². The second-order valence-corrected chi connectivity index (χ2v) is 4.47. The van der Waals surface area contributed by atoms with E-state index in [2.05, 4.69) is 22.0 Å². The predicted molar refractivity (Wildman–Crippen MR) is 69.0 cm³/mol. The van der Waals surface area contributed by atoms with Crippen molar-refractivity contribution < 1.29 is 4.74 Å². The number of nitrogens with one attached hydrogen (secondary N) is 1. The zero-order chi connectivity index (χ0) is 12.4. The van der Waals surface area contributed by atoms with Crippen LogP contribution in [0, 0.1) is 11.3 Å². The van der Waals surface area contributed by atoms with Crippen LogP contribution in [0.15, 0.2) is 30.5 Å². The summed E-state index contributed by atoms with van der Waals surface area (Å²) in [6, 6.07) is 10.3. The van der Waals surface area contributed by atoms with Crippen LogP contribution in [0.4, 0.5) is 0 Å². The van der Waals surface area contributed by atoms with Crippen LogP contribution in [-0.4, -0.2) is 36.2 Å². The van der Waals surface area contributed by atoms with Crippen molar-refractivity contribution in [1.29, 1.82) is 5.26 Å². The van der Waals surface area contributed by atoms with Gasteiger partial charge in [0.05, 0.1) is 19.3 Å². The number of rotatable bonds is 2. The van der Waals surface area contributed by atoms with E-state index in [4.69, 9.17) is 4.74 Å². The molecule has 0 spiro atoms. The molecule has 1 fully saturated rings. The maximum Gasteiger partial charge on any atom is 0.126 e. The van der Waals surface area contributed by atoms with E-state index in [1.807, 2.05) is 24.4 Å². The van der Waals surface area contributed by atoms with Gasteiger partial charge < -0.3 is 9.72 Å². The van der Waals surface area contributed by atoms with E-state index < -0.39 is 0 Å². The molecule has 4 heteroatoms. The van der Waals surface area contributed by atoms with E-state index in [1.165, 1.54) is 0 Å². The van der Waals surface area contributed by atoms with Crippen LogP contribution in [-0.2, 0) is 4.74 Å². The fourth-order valence-corrected chi connectivity index (χ4v) is 2.50. The number of H-pyrrole nitrogens is 1. The molecule has 1 aromatic carbocycles. The lowest BCUT2D eigenvalue weighted by atomic mass is 10.1. The van der Waals surface area contributed by atoms with Gasteiger partial charge in [0, 0.05) is 35.8 Å². The number of fused-ring (bicyclic) bond motifs is 1. The Kier molecular flexibility index (Phi) is 3.01. The van der Waals surface area contributed by atoms with Gasteiger partial charge in [0.1, 0.15) is 6.04 Å². The molecule has 0 bridgehead atoms. The minimum absolute atomic E-state index is 0.190. The van der Waals surface area contributed by atoms with Crippen LogP contribution >= 0.6 is 0 Å². The van der Waals surface area contributed by atoms with Gasteiger partial charge in [-0.3, -0.25) is 4.90 Å². The molecule has 1 N–H and O–H groups in total.